The van der Waals surface area contributed by atoms with E-state index in [-0.39, 0.29) is 24.0 Å². The smallest absolute Gasteiger partial charge is 0.319 e. The Kier molecular flexibility index (Phi) is 7.49. The monoisotopic (exact) mass is 459 g/mol. The Bertz CT molecular complexity index is 1070. The molecule has 0 aromatic heterocycles. The zero-order valence-electron chi connectivity index (χ0n) is 19.7. The lowest BCUT2D eigenvalue weighted by atomic mass is 9.89. The SMILES string of the molecule is Cc1ccc(C(=O)N2CCC(c3ccc(C#N)cc3)CC2)cc1NC(=O)N[C@@H]1CCCC[C@@H]1N. The van der Waals surface area contributed by atoms with E-state index in [1.807, 2.05) is 48.2 Å². The second-order valence-corrected chi connectivity index (χ2v) is 9.48. The molecule has 0 spiro atoms. The molecule has 34 heavy (non-hydrogen) atoms. The number of likely N-dealkylation sites (tertiary alicyclic amines) is 1. The van der Waals surface area contributed by atoms with E-state index in [1.54, 1.807) is 6.07 Å². The van der Waals surface area contributed by atoms with Crippen LogP contribution in [0.3, 0.4) is 0 Å². The van der Waals surface area contributed by atoms with Crippen LogP contribution >= 0.6 is 0 Å². The molecule has 7 nitrogen and oxygen atoms in total. The van der Waals surface area contributed by atoms with Gasteiger partial charge in [-0.05, 0) is 73.9 Å². The number of urea groups is 1. The highest BCUT2D eigenvalue weighted by Crippen LogP contribution is 2.29. The number of aryl methyl sites for hydroxylation is 1. The van der Waals surface area contributed by atoms with Crippen molar-refractivity contribution in [2.75, 3.05) is 18.4 Å². The first-order valence-corrected chi connectivity index (χ1v) is 12.2. The third-order valence-corrected chi connectivity index (χ3v) is 7.16. The molecule has 178 valence electrons. The number of nitriles is 1. The van der Waals surface area contributed by atoms with Crippen LogP contribution in [0.2, 0.25) is 0 Å². The summed E-state index contributed by atoms with van der Waals surface area (Å²) in [4.78, 5) is 27.6. The Hall–Kier alpha value is -3.37. The summed E-state index contributed by atoms with van der Waals surface area (Å²) in [5, 5.41) is 14.9. The van der Waals surface area contributed by atoms with E-state index >= 15 is 0 Å². The number of rotatable bonds is 4. The lowest BCUT2D eigenvalue weighted by Crippen LogP contribution is -2.50. The van der Waals surface area contributed by atoms with Gasteiger partial charge in [0.25, 0.3) is 5.91 Å². The quantitative estimate of drug-likeness (QED) is 0.634. The molecule has 4 N–H and O–H groups in total. The highest BCUT2D eigenvalue weighted by Gasteiger charge is 2.26. The minimum Gasteiger partial charge on any atom is -0.339 e. The minimum atomic E-state index is -0.279. The van der Waals surface area contributed by atoms with E-state index in [4.69, 9.17) is 11.0 Å². The maximum atomic E-state index is 13.2. The predicted octanol–water partition coefficient (Wildman–Crippen LogP) is 4.28. The molecule has 2 aliphatic rings. The topological polar surface area (TPSA) is 111 Å². The van der Waals surface area contributed by atoms with E-state index in [9.17, 15) is 9.59 Å². The van der Waals surface area contributed by atoms with Crippen LogP contribution in [0.4, 0.5) is 10.5 Å². The van der Waals surface area contributed by atoms with Gasteiger partial charge in [-0.1, -0.05) is 31.0 Å². The van der Waals surface area contributed by atoms with Crippen molar-refractivity contribution in [1.29, 1.82) is 5.26 Å². The number of hydrogen-bond donors (Lipinski definition) is 3. The van der Waals surface area contributed by atoms with Crippen LogP contribution in [0.15, 0.2) is 42.5 Å². The van der Waals surface area contributed by atoms with E-state index in [2.05, 4.69) is 16.7 Å². The summed E-state index contributed by atoms with van der Waals surface area (Å²) in [5.74, 6) is 0.373. The number of anilines is 1. The summed E-state index contributed by atoms with van der Waals surface area (Å²) in [6.45, 7) is 3.28. The van der Waals surface area contributed by atoms with Crippen molar-refractivity contribution in [1.82, 2.24) is 10.2 Å². The Morgan fingerprint density at radius 2 is 1.74 bits per heavy atom. The number of nitrogens with zero attached hydrogens (tertiary/aromatic N) is 2. The summed E-state index contributed by atoms with van der Waals surface area (Å²) >= 11 is 0. The van der Waals surface area contributed by atoms with Crippen molar-refractivity contribution in [2.24, 2.45) is 5.73 Å². The van der Waals surface area contributed by atoms with Gasteiger partial charge in [0, 0.05) is 36.4 Å². The Balaban J connectivity index is 1.36. The molecule has 4 rings (SSSR count). The van der Waals surface area contributed by atoms with E-state index in [0.29, 0.717) is 35.8 Å². The lowest BCUT2D eigenvalue weighted by Gasteiger charge is -2.32. The molecule has 1 heterocycles. The van der Waals surface area contributed by atoms with Crippen molar-refractivity contribution in [2.45, 2.75) is 63.5 Å². The standard InChI is InChI=1S/C27H33N5O2/c1-18-6-9-22(16-25(18)31-27(34)30-24-5-3-2-4-23(24)29)26(33)32-14-12-21(13-15-32)20-10-7-19(17-28)8-11-20/h6-11,16,21,23-24H,2-5,12-15,29H2,1H3,(H2,30,31,34)/t23-,24+/m0/s1. The maximum absolute atomic E-state index is 13.2. The van der Waals surface area contributed by atoms with Gasteiger partial charge in [0.15, 0.2) is 0 Å². The molecule has 0 bridgehead atoms. The number of amides is 3. The van der Waals surface area contributed by atoms with E-state index in [0.717, 1.165) is 44.1 Å². The summed E-state index contributed by atoms with van der Waals surface area (Å²) in [7, 11) is 0. The van der Waals surface area contributed by atoms with Gasteiger partial charge < -0.3 is 21.3 Å². The number of carbonyl (C=O) groups is 2. The molecule has 7 heteroatoms. The molecule has 1 saturated heterocycles. The van der Waals surface area contributed by atoms with Crippen molar-refractivity contribution < 1.29 is 9.59 Å². The van der Waals surface area contributed by atoms with Gasteiger partial charge in [0.1, 0.15) is 0 Å². The van der Waals surface area contributed by atoms with Gasteiger partial charge >= 0.3 is 6.03 Å². The molecule has 2 fully saturated rings. The second kappa shape index (κ2) is 10.7. The van der Waals surface area contributed by atoms with Crippen molar-refractivity contribution in [3.05, 3.63) is 64.7 Å². The third kappa shape index (κ3) is 5.57. The van der Waals surface area contributed by atoms with Gasteiger partial charge in [-0.2, -0.15) is 5.26 Å². The molecule has 1 aliphatic carbocycles. The molecular weight excluding hydrogens is 426 g/mol. The third-order valence-electron chi connectivity index (χ3n) is 7.16. The first kappa shape index (κ1) is 23.8. The van der Waals surface area contributed by atoms with Crippen molar-refractivity contribution in [3.8, 4) is 6.07 Å². The number of nitrogens with two attached hydrogens (primary N) is 1. The van der Waals surface area contributed by atoms with Crippen LogP contribution in [0.1, 0.15) is 71.5 Å². The fraction of sp³-hybridized carbons (Fsp3) is 0.444. The van der Waals surface area contributed by atoms with Crippen LogP contribution in [-0.2, 0) is 0 Å². The Morgan fingerprint density at radius 1 is 1.03 bits per heavy atom. The average Bonchev–Trinajstić information content (AvgIpc) is 2.86. The van der Waals surface area contributed by atoms with E-state index < -0.39 is 0 Å². The van der Waals surface area contributed by atoms with Crippen LogP contribution in [-0.4, -0.2) is 42.0 Å². The van der Waals surface area contributed by atoms with Gasteiger partial charge in [0.05, 0.1) is 11.6 Å². The predicted molar refractivity (Wildman–Crippen MR) is 133 cm³/mol. The first-order valence-electron chi connectivity index (χ1n) is 12.2. The van der Waals surface area contributed by atoms with Crippen LogP contribution in [0, 0.1) is 18.3 Å². The molecule has 2 atom stereocenters. The number of benzene rings is 2. The van der Waals surface area contributed by atoms with E-state index in [1.165, 1.54) is 5.56 Å². The van der Waals surface area contributed by atoms with Crippen LogP contribution in [0.25, 0.3) is 0 Å². The fourth-order valence-electron chi connectivity index (χ4n) is 4.98. The van der Waals surface area contributed by atoms with Gasteiger partial charge in [0.2, 0.25) is 0 Å². The summed E-state index contributed by atoms with van der Waals surface area (Å²) in [6.07, 6.45) is 5.77. The normalized spacial score (nSPS) is 20.9. The molecule has 1 aliphatic heterocycles. The van der Waals surface area contributed by atoms with Gasteiger partial charge in [-0.3, -0.25) is 4.79 Å². The summed E-state index contributed by atoms with van der Waals surface area (Å²) < 4.78 is 0. The second-order valence-electron chi connectivity index (χ2n) is 9.48. The Labute approximate surface area is 201 Å². The fourth-order valence-corrected chi connectivity index (χ4v) is 4.98. The largest absolute Gasteiger partial charge is 0.339 e. The number of piperidine rings is 1. The van der Waals surface area contributed by atoms with Crippen molar-refractivity contribution in [3.63, 3.8) is 0 Å². The highest BCUT2D eigenvalue weighted by atomic mass is 16.2. The van der Waals surface area contributed by atoms with Gasteiger partial charge in [-0.25, -0.2) is 4.79 Å². The molecule has 3 amide bonds. The lowest BCUT2D eigenvalue weighted by molar-refractivity contribution is 0.0713. The average molecular weight is 460 g/mol. The van der Waals surface area contributed by atoms with Crippen molar-refractivity contribution >= 4 is 17.6 Å². The zero-order valence-corrected chi connectivity index (χ0v) is 19.7. The first-order chi connectivity index (χ1) is 16.4. The zero-order chi connectivity index (χ0) is 24.1. The maximum Gasteiger partial charge on any atom is 0.319 e. The molecular formula is C27H33N5O2. The summed E-state index contributed by atoms with van der Waals surface area (Å²) in [5.41, 5.74) is 10.1. The van der Waals surface area contributed by atoms with Gasteiger partial charge in [-0.15, -0.1) is 0 Å². The number of carbonyl (C=O) groups excluding carboxylic acids is 2. The summed E-state index contributed by atoms with van der Waals surface area (Å²) in [6, 6.07) is 15.0. The molecule has 0 unspecified atom stereocenters. The Morgan fingerprint density at radius 3 is 2.41 bits per heavy atom. The minimum absolute atomic E-state index is 0.0132. The highest BCUT2D eigenvalue weighted by molar-refractivity contribution is 5.97. The number of hydrogen-bond acceptors (Lipinski definition) is 4. The van der Waals surface area contributed by atoms with Crippen LogP contribution < -0.4 is 16.4 Å². The molecule has 0 radical (unpaired) electrons. The molecule has 2 aromatic carbocycles. The molecule has 2 aromatic rings. The van der Waals surface area contributed by atoms with Crippen LogP contribution in [0.5, 0.6) is 0 Å². The molecule has 1 saturated carbocycles. The number of nitrogens with one attached hydrogen (secondary N) is 2.